The molecule has 13 heteroatoms. The molecule has 0 saturated heterocycles. The van der Waals surface area contributed by atoms with Gasteiger partial charge < -0.3 is 19.3 Å². The summed E-state index contributed by atoms with van der Waals surface area (Å²) in [5, 5.41) is 9.20. The Labute approximate surface area is 178 Å². The minimum atomic E-state index is -3.99. The number of aromatic nitrogens is 4. The molecule has 0 radical (unpaired) electrons. The van der Waals surface area contributed by atoms with Crippen LogP contribution in [0.3, 0.4) is 0 Å². The molecule has 0 amide bonds. The second-order valence-electron chi connectivity index (χ2n) is 5.74. The van der Waals surface area contributed by atoms with Crippen molar-refractivity contribution < 1.29 is 27.7 Å². The number of benzene rings is 1. The van der Waals surface area contributed by atoms with Gasteiger partial charge in [0, 0.05) is 19.4 Å². The number of hydrogen-bond donors (Lipinski definition) is 3. The first-order valence-electron chi connectivity index (χ1n) is 8.92. The number of methoxy groups -OCH3 is 1. The van der Waals surface area contributed by atoms with Gasteiger partial charge in [-0.25, -0.2) is 19.7 Å². The Hall–Kier alpha value is -3.55. The van der Waals surface area contributed by atoms with E-state index >= 15 is 0 Å². The van der Waals surface area contributed by atoms with Crippen molar-refractivity contribution >= 4 is 16.0 Å². The lowest BCUT2D eigenvalue weighted by Crippen LogP contribution is -2.27. The minimum Gasteiger partial charge on any atom is -0.493 e. The third kappa shape index (κ3) is 5.53. The predicted octanol–water partition coefficient (Wildman–Crippen LogP) is 0.982. The summed E-state index contributed by atoms with van der Waals surface area (Å²) in [6.45, 7) is -0.445. The SMILES string of the molecule is CNS(=O)(=O)Nc1nc(-c2ncccn2)nc(OCCO)c1Oc1ccccc1OC. The molecular formula is C18H20N6O6S. The van der Waals surface area contributed by atoms with Crippen LogP contribution < -0.4 is 23.7 Å². The molecule has 3 rings (SSSR count). The summed E-state index contributed by atoms with van der Waals surface area (Å²) in [5.74, 6) is 0.248. The number of nitrogens with one attached hydrogen (secondary N) is 2. The summed E-state index contributed by atoms with van der Waals surface area (Å²) in [5.41, 5.74) is 0. The van der Waals surface area contributed by atoms with E-state index in [-0.39, 0.29) is 48.1 Å². The van der Waals surface area contributed by atoms with E-state index < -0.39 is 10.2 Å². The molecule has 0 unspecified atom stereocenters. The van der Waals surface area contributed by atoms with Gasteiger partial charge in [-0.15, -0.1) is 0 Å². The molecule has 2 heterocycles. The van der Waals surface area contributed by atoms with Crippen molar-refractivity contribution in [3.8, 4) is 34.8 Å². The van der Waals surface area contributed by atoms with Crippen molar-refractivity contribution in [3.05, 3.63) is 42.7 Å². The van der Waals surface area contributed by atoms with Gasteiger partial charge in [0.05, 0.1) is 13.7 Å². The third-order valence-corrected chi connectivity index (χ3v) is 4.71. The first-order valence-corrected chi connectivity index (χ1v) is 10.4. The molecule has 0 aliphatic carbocycles. The van der Waals surface area contributed by atoms with Gasteiger partial charge in [0.2, 0.25) is 11.6 Å². The number of aliphatic hydroxyl groups is 1. The quantitative estimate of drug-likeness (QED) is 0.408. The van der Waals surface area contributed by atoms with Crippen LogP contribution in [0.15, 0.2) is 42.7 Å². The first-order chi connectivity index (χ1) is 15.0. The Morgan fingerprint density at radius 3 is 2.39 bits per heavy atom. The predicted molar refractivity (Wildman–Crippen MR) is 110 cm³/mol. The highest BCUT2D eigenvalue weighted by molar-refractivity contribution is 7.90. The van der Waals surface area contributed by atoms with Gasteiger partial charge in [0.1, 0.15) is 6.61 Å². The number of para-hydroxylation sites is 2. The van der Waals surface area contributed by atoms with Crippen LogP contribution in [-0.2, 0) is 10.2 Å². The van der Waals surface area contributed by atoms with Crippen LogP contribution in [0.2, 0.25) is 0 Å². The molecule has 0 spiro atoms. The summed E-state index contributed by atoms with van der Waals surface area (Å²) in [6.07, 6.45) is 2.97. The fourth-order valence-electron chi connectivity index (χ4n) is 2.34. The Morgan fingerprint density at radius 2 is 1.74 bits per heavy atom. The molecule has 0 aliphatic rings. The van der Waals surface area contributed by atoms with Crippen molar-refractivity contribution in [2.45, 2.75) is 0 Å². The van der Waals surface area contributed by atoms with Gasteiger partial charge in [-0.2, -0.15) is 13.4 Å². The lowest BCUT2D eigenvalue weighted by molar-refractivity contribution is 0.192. The molecule has 0 aliphatic heterocycles. The van der Waals surface area contributed by atoms with Gasteiger partial charge in [-0.05, 0) is 18.2 Å². The Morgan fingerprint density at radius 1 is 1.03 bits per heavy atom. The Kier molecular flexibility index (Phi) is 7.12. The maximum Gasteiger partial charge on any atom is 0.300 e. The normalized spacial score (nSPS) is 11.1. The minimum absolute atomic E-state index is 0.0188. The number of anilines is 1. The molecule has 2 aromatic heterocycles. The summed E-state index contributed by atoms with van der Waals surface area (Å²) in [6, 6.07) is 8.33. The highest BCUT2D eigenvalue weighted by Gasteiger charge is 2.24. The van der Waals surface area contributed by atoms with Crippen molar-refractivity contribution in [3.63, 3.8) is 0 Å². The van der Waals surface area contributed by atoms with Crippen molar-refractivity contribution in [1.29, 1.82) is 0 Å². The topological polar surface area (TPSA) is 158 Å². The maximum absolute atomic E-state index is 12.2. The number of nitrogens with zero attached hydrogens (tertiary/aromatic N) is 4. The number of rotatable bonds is 10. The molecule has 0 atom stereocenters. The van der Waals surface area contributed by atoms with Crippen LogP contribution in [0, 0.1) is 0 Å². The second-order valence-corrected chi connectivity index (χ2v) is 7.36. The zero-order valence-corrected chi connectivity index (χ0v) is 17.5. The van der Waals surface area contributed by atoms with Crippen LogP contribution in [0.1, 0.15) is 0 Å². The summed E-state index contributed by atoms with van der Waals surface area (Å²) in [4.78, 5) is 16.6. The number of aliphatic hydroxyl groups excluding tert-OH is 1. The van der Waals surface area contributed by atoms with Crippen LogP contribution in [0.25, 0.3) is 11.6 Å². The van der Waals surface area contributed by atoms with Gasteiger partial charge in [0.15, 0.2) is 23.1 Å². The summed E-state index contributed by atoms with van der Waals surface area (Å²) >= 11 is 0. The fraction of sp³-hybridized carbons (Fsp3) is 0.222. The first kappa shape index (κ1) is 22.1. The maximum atomic E-state index is 12.2. The highest BCUT2D eigenvalue weighted by atomic mass is 32.2. The molecule has 164 valence electrons. The van der Waals surface area contributed by atoms with Gasteiger partial charge >= 0.3 is 0 Å². The van der Waals surface area contributed by atoms with Crippen LogP contribution in [0.4, 0.5) is 5.82 Å². The van der Waals surface area contributed by atoms with E-state index in [1.807, 2.05) is 0 Å². The monoisotopic (exact) mass is 448 g/mol. The zero-order chi connectivity index (χ0) is 22.3. The smallest absolute Gasteiger partial charge is 0.300 e. The fourth-order valence-corrected chi connectivity index (χ4v) is 2.83. The molecule has 31 heavy (non-hydrogen) atoms. The molecule has 1 aromatic carbocycles. The van der Waals surface area contributed by atoms with Crippen LogP contribution in [0.5, 0.6) is 23.1 Å². The van der Waals surface area contributed by atoms with E-state index in [0.29, 0.717) is 5.75 Å². The van der Waals surface area contributed by atoms with E-state index in [4.69, 9.17) is 14.2 Å². The largest absolute Gasteiger partial charge is 0.493 e. The third-order valence-electron chi connectivity index (χ3n) is 3.71. The number of ether oxygens (including phenoxy) is 3. The van der Waals surface area contributed by atoms with E-state index in [1.54, 1.807) is 30.3 Å². The summed E-state index contributed by atoms with van der Waals surface area (Å²) in [7, 11) is -1.30. The Balaban J connectivity index is 2.19. The molecule has 3 N–H and O–H groups in total. The van der Waals surface area contributed by atoms with Crippen molar-refractivity contribution in [1.82, 2.24) is 24.7 Å². The average molecular weight is 448 g/mol. The Bertz CT molecular complexity index is 1130. The number of hydrogen-bond acceptors (Lipinski definition) is 10. The molecule has 12 nitrogen and oxygen atoms in total. The van der Waals surface area contributed by atoms with Gasteiger partial charge in [-0.3, -0.25) is 4.72 Å². The molecule has 0 saturated carbocycles. The standard InChI is InChI=1S/C18H20N6O6S/c1-19-31(26,27)24-15-14(30-13-7-4-3-6-12(13)28-2)18(29-11-10-25)23-17(22-15)16-20-8-5-9-21-16/h3-9,19,25H,10-11H2,1-2H3,(H,22,23,24). The zero-order valence-electron chi connectivity index (χ0n) is 16.6. The van der Waals surface area contributed by atoms with E-state index in [2.05, 4.69) is 29.4 Å². The lowest BCUT2D eigenvalue weighted by Gasteiger charge is -2.17. The highest BCUT2D eigenvalue weighted by Crippen LogP contribution is 2.40. The lowest BCUT2D eigenvalue weighted by atomic mass is 10.3. The second kappa shape index (κ2) is 9.97. The van der Waals surface area contributed by atoms with Crippen LogP contribution in [-0.4, -0.2) is 60.8 Å². The average Bonchev–Trinajstić information content (AvgIpc) is 2.79. The van der Waals surface area contributed by atoms with Crippen LogP contribution >= 0.6 is 0 Å². The molecule has 0 fully saturated rings. The summed E-state index contributed by atoms with van der Waals surface area (Å²) < 4.78 is 45.5. The van der Waals surface area contributed by atoms with E-state index in [9.17, 15) is 13.5 Å². The van der Waals surface area contributed by atoms with Crippen molar-refractivity contribution in [2.24, 2.45) is 0 Å². The molecule has 0 bridgehead atoms. The molecule has 3 aromatic rings. The van der Waals surface area contributed by atoms with Gasteiger partial charge in [-0.1, -0.05) is 12.1 Å². The van der Waals surface area contributed by atoms with E-state index in [1.165, 1.54) is 26.6 Å². The van der Waals surface area contributed by atoms with Gasteiger partial charge in [0.25, 0.3) is 16.1 Å². The molecular weight excluding hydrogens is 428 g/mol. The van der Waals surface area contributed by atoms with Crippen molar-refractivity contribution in [2.75, 3.05) is 32.1 Å². The van der Waals surface area contributed by atoms with E-state index in [0.717, 1.165) is 0 Å².